The number of nitrogens with zero attached hydrogens (tertiary/aromatic N) is 2. The zero-order valence-electron chi connectivity index (χ0n) is 19.8. The van der Waals surface area contributed by atoms with E-state index >= 15 is 0 Å². The second-order valence-corrected chi connectivity index (χ2v) is 7.46. The van der Waals surface area contributed by atoms with Crippen molar-refractivity contribution in [2.24, 2.45) is 0 Å². The van der Waals surface area contributed by atoms with Crippen molar-refractivity contribution in [1.29, 1.82) is 0 Å². The molecule has 4 rings (SSSR count). The molecule has 0 unspecified atom stereocenters. The number of fused-ring (bicyclic) bond motifs is 1. The first-order chi connectivity index (χ1) is 17.5. The van der Waals surface area contributed by atoms with Crippen molar-refractivity contribution in [3.63, 3.8) is 0 Å². The maximum Gasteiger partial charge on any atom is 0.258 e. The van der Waals surface area contributed by atoms with Crippen LogP contribution in [0, 0.1) is 12.1 Å². The number of ether oxygens (including phenoxy) is 7. The summed E-state index contributed by atoms with van der Waals surface area (Å²) in [5.41, 5.74) is 1.34. The minimum atomic E-state index is -0.414. The molecule has 0 fully saturated rings. The molecule has 0 radical (unpaired) electrons. The normalized spacial score (nSPS) is 12.2. The highest BCUT2D eigenvalue weighted by atomic mass is 16.8. The summed E-state index contributed by atoms with van der Waals surface area (Å²) >= 11 is 0. The van der Waals surface area contributed by atoms with Crippen LogP contribution < -0.4 is 28.6 Å². The Labute approximate surface area is 206 Å². The van der Waals surface area contributed by atoms with E-state index in [2.05, 4.69) is 9.79 Å². The Morgan fingerprint density at radius 3 is 2.50 bits per heavy atom. The van der Waals surface area contributed by atoms with E-state index in [0.29, 0.717) is 17.2 Å². The summed E-state index contributed by atoms with van der Waals surface area (Å²) in [6.07, 6.45) is 3.01. The fourth-order valence-electron chi connectivity index (χ4n) is 3.24. The molecule has 0 amide bonds. The van der Waals surface area contributed by atoms with Gasteiger partial charge in [0, 0.05) is 38.4 Å². The highest BCUT2D eigenvalue weighted by molar-refractivity contribution is 6.10. The van der Waals surface area contributed by atoms with E-state index in [0.717, 1.165) is 5.56 Å². The fourth-order valence-corrected chi connectivity index (χ4v) is 3.24. The molecule has 0 N–H and O–H groups in total. The van der Waals surface area contributed by atoms with Gasteiger partial charge in [0.1, 0.15) is 22.8 Å². The number of methoxy groups -OCH3 is 2. The molecule has 1 aromatic heterocycles. The SMILES string of the molecule is COCOc1cc(OCOC)c(C(=O)/C=C/c2ccc3c(c2)OCO3)c(OCc2no[n+]([O-])c2C)c1. The zero-order valence-corrected chi connectivity index (χ0v) is 19.8. The van der Waals surface area contributed by atoms with Crippen LogP contribution in [0.2, 0.25) is 0 Å². The molecule has 0 atom stereocenters. The average molecular weight is 500 g/mol. The van der Waals surface area contributed by atoms with E-state index in [1.807, 2.05) is 0 Å². The fraction of sp³-hybridized carbons (Fsp3) is 0.292. The van der Waals surface area contributed by atoms with Gasteiger partial charge in [0.25, 0.3) is 5.69 Å². The minimum absolute atomic E-state index is 0.0426. The van der Waals surface area contributed by atoms with Gasteiger partial charge in [-0.25, -0.2) is 0 Å². The quantitative estimate of drug-likeness (QED) is 0.157. The Bertz CT molecular complexity index is 1250. The molecule has 3 aromatic rings. The van der Waals surface area contributed by atoms with Gasteiger partial charge in [-0.05, 0) is 28.7 Å². The van der Waals surface area contributed by atoms with Gasteiger partial charge in [-0.1, -0.05) is 12.1 Å². The molecule has 12 heteroatoms. The molecule has 0 aliphatic carbocycles. The zero-order chi connectivity index (χ0) is 25.5. The van der Waals surface area contributed by atoms with Gasteiger partial charge in [-0.3, -0.25) is 9.42 Å². The molecule has 0 saturated carbocycles. The third kappa shape index (κ3) is 5.67. The van der Waals surface area contributed by atoms with Gasteiger partial charge in [0.2, 0.25) is 6.79 Å². The van der Waals surface area contributed by atoms with Crippen LogP contribution in [0.5, 0.6) is 28.7 Å². The molecule has 0 spiro atoms. The maximum absolute atomic E-state index is 13.4. The minimum Gasteiger partial charge on any atom is -0.484 e. The van der Waals surface area contributed by atoms with Crippen LogP contribution in [0.4, 0.5) is 0 Å². The van der Waals surface area contributed by atoms with Crippen molar-refractivity contribution in [3.8, 4) is 28.7 Å². The van der Waals surface area contributed by atoms with Crippen molar-refractivity contribution >= 4 is 11.9 Å². The van der Waals surface area contributed by atoms with Crippen molar-refractivity contribution in [2.75, 3.05) is 34.6 Å². The summed E-state index contributed by atoms with van der Waals surface area (Å²) in [5.74, 6) is 1.44. The van der Waals surface area contributed by atoms with Crippen LogP contribution >= 0.6 is 0 Å². The number of hydrogen-bond donors (Lipinski definition) is 0. The van der Waals surface area contributed by atoms with E-state index < -0.39 is 5.78 Å². The van der Waals surface area contributed by atoms with E-state index in [1.165, 1.54) is 39.4 Å². The average Bonchev–Trinajstić information content (AvgIpc) is 3.49. The Morgan fingerprint density at radius 1 is 1.06 bits per heavy atom. The predicted molar refractivity (Wildman–Crippen MR) is 122 cm³/mol. The number of aromatic nitrogens is 2. The number of carbonyl (C=O) groups is 1. The van der Waals surface area contributed by atoms with Gasteiger partial charge in [-0.15, -0.1) is 0 Å². The van der Waals surface area contributed by atoms with E-state index in [4.69, 9.17) is 33.2 Å². The first kappa shape index (κ1) is 24.8. The number of carbonyl (C=O) groups excluding carboxylic acids is 1. The van der Waals surface area contributed by atoms with Gasteiger partial charge in [0.05, 0.1) is 0 Å². The summed E-state index contributed by atoms with van der Waals surface area (Å²) in [5, 5.41) is 15.2. The Hall–Kier alpha value is -4.29. The molecule has 190 valence electrons. The third-order valence-corrected chi connectivity index (χ3v) is 5.07. The lowest BCUT2D eigenvalue weighted by atomic mass is 10.1. The number of benzene rings is 2. The van der Waals surface area contributed by atoms with E-state index in [1.54, 1.807) is 24.3 Å². The van der Waals surface area contributed by atoms with Gasteiger partial charge < -0.3 is 38.4 Å². The number of allylic oxidation sites excluding steroid dienone is 1. The molecule has 12 nitrogen and oxygen atoms in total. The van der Waals surface area contributed by atoms with Crippen LogP contribution in [-0.2, 0) is 16.1 Å². The Morgan fingerprint density at radius 2 is 1.78 bits per heavy atom. The van der Waals surface area contributed by atoms with Gasteiger partial charge in [-0.2, -0.15) is 0 Å². The highest BCUT2D eigenvalue weighted by Crippen LogP contribution is 2.36. The van der Waals surface area contributed by atoms with Crippen LogP contribution in [0.25, 0.3) is 6.08 Å². The summed E-state index contributed by atoms with van der Waals surface area (Å²) in [6, 6.07) is 8.36. The summed E-state index contributed by atoms with van der Waals surface area (Å²) < 4.78 is 42.4. The summed E-state index contributed by atoms with van der Waals surface area (Å²) in [7, 11) is 2.93. The molecule has 2 aromatic carbocycles. The van der Waals surface area contributed by atoms with E-state index in [-0.39, 0.29) is 60.3 Å². The standard InChI is InChI=1S/C24H24N2O10/c1-15-18(25-36-26(15)28)11-31-22-9-17(32-12-29-2)10-23(33-13-30-3)24(22)19(27)6-4-16-5-7-20-21(8-16)35-14-34-20/h4-10H,11-14H2,1-3H3/b6-4+. The predicted octanol–water partition coefficient (Wildman–Crippen LogP) is 2.79. The van der Waals surface area contributed by atoms with Crippen LogP contribution in [0.1, 0.15) is 27.3 Å². The van der Waals surface area contributed by atoms with Crippen molar-refractivity contribution < 1.29 is 47.5 Å². The molecule has 1 aliphatic heterocycles. The monoisotopic (exact) mass is 500 g/mol. The lowest BCUT2D eigenvalue weighted by Gasteiger charge is -2.16. The Balaban J connectivity index is 1.67. The van der Waals surface area contributed by atoms with Gasteiger partial charge in [0.15, 0.2) is 43.2 Å². The largest absolute Gasteiger partial charge is 0.484 e. The molecule has 2 heterocycles. The first-order valence-corrected chi connectivity index (χ1v) is 10.7. The smallest absolute Gasteiger partial charge is 0.258 e. The Kier molecular flexibility index (Phi) is 7.88. The van der Waals surface area contributed by atoms with Crippen LogP contribution in [0.15, 0.2) is 41.0 Å². The highest BCUT2D eigenvalue weighted by Gasteiger charge is 2.23. The van der Waals surface area contributed by atoms with Crippen LogP contribution in [-0.4, -0.2) is 45.5 Å². The first-order valence-electron chi connectivity index (χ1n) is 10.7. The van der Waals surface area contributed by atoms with Crippen molar-refractivity contribution in [3.05, 3.63) is 64.1 Å². The molecular weight excluding hydrogens is 476 g/mol. The second-order valence-electron chi connectivity index (χ2n) is 7.46. The second kappa shape index (κ2) is 11.4. The molecular formula is C24H24N2O10. The lowest BCUT2D eigenvalue weighted by molar-refractivity contribution is -0.806. The topological polar surface area (TPSA) is 135 Å². The number of hydrogen-bond acceptors (Lipinski definition) is 11. The molecule has 1 aliphatic rings. The van der Waals surface area contributed by atoms with Crippen molar-refractivity contribution in [1.82, 2.24) is 5.16 Å². The lowest BCUT2D eigenvalue weighted by Crippen LogP contribution is -2.26. The van der Waals surface area contributed by atoms with Gasteiger partial charge >= 0.3 is 0 Å². The maximum atomic E-state index is 13.4. The number of ketones is 1. The summed E-state index contributed by atoms with van der Waals surface area (Å²) in [4.78, 5) is 13.6. The summed E-state index contributed by atoms with van der Waals surface area (Å²) in [6.45, 7) is 1.37. The van der Waals surface area contributed by atoms with Crippen LogP contribution in [0.3, 0.4) is 0 Å². The molecule has 0 bridgehead atoms. The molecule has 36 heavy (non-hydrogen) atoms. The third-order valence-electron chi connectivity index (χ3n) is 5.07. The van der Waals surface area contributed by atoms with Crippen molar-refractivity contribution in [2.45, 2.75) is 13.5 Å². The van der Waals surface area contributed by atoms with E-state index in [9.17, 15) is 10.0 Å². The molecule has 0 saturated heterocycles. The number of rotatable bonds is 12.